The zero-order chi connectivity index (χ0) is 32.3. The Morgan fingerprint density at radius 1 is 0.489 bits per heavy atom. The zero-order valence-corrected chi connectivity index (χ0v) is 29.2. The molecule has 4 aromatic rings. The van der Waals surface area contributed by atoms with Crippen LogP contribution in [0.25, 0.3) is 21.8 Å². The second-order valence-corrected chi connectivity index (χ2v) is 13.9. The van der Waals surface area contributed by atoms with E-state index in [0.29, 0.717) is 0 Å². The molecule has 0 aliphatic carbocycles. The molecule has 0 spiro atoms. The second kappa shape index (κ2) is 17.6. The highest BCUT2D eigenvalue weighted by molar-refractivity contribution is 6.31. The number of nitrogens with one attached hydrogen (secondary N) is 2. The van der Waals surface area contributed by atoms with Crippen LogP contribution in [0.15, 0.2) is 60.9 Å². The number of anilines is 2. The van der Waals surface area contributed by atoms with Gasteiger partial charge in [0.15, 0.2) is 0 Å². The fourth-order valence-corrected chi connectivity index (χ4v) is 7.26. The molecule has 2 aliphatic rings. The third kappa shape index (κ3) is 10.1. The highest BCUT2D eigenvalue weighted by atomic mass is 35.5. The van der Waals surface area contributed by atoms with Crippen LogP contribution in [0.3, 0.4) is 0 Å². The fourth-order valence-electron chi connectivity index (χ4n) is 6.92. The fraction of sp³-hybridized carbons (Fsp3) is 0.514. The van der Waals surface area contributed by atoms with E-state index >= 15 is 0 Å². The highest BCUT2D eigenvalue weighted by Gasteiger charge is 2.17. The number of piperazine rings is 2. The minimum atomic E-state index is 0.727. The summed E-state index contributed by atoms with van der Waals surface area (Å²) >= 11 is 12.3. The Labute approximate surface area is 290 Å². The molecule has 4 heterocycles. The number of aromatic nitrogens is 2. The molecule has 8 nitrogen and oxygen atoms in total. The van der Waals surface area contributed by atoms with Gasteiger partial charge in [0.05, 0.1) is 11.0 Å². The first kappa shape index (κ1) is 34.2. The van der Waals surface area contributed by atoms with E-state index in [1.54, 1.807) is 0 Å². The van der Waals surface area contributed by atoms with Crippen molar-refractivity contribution in [2.45, 2.75) is 32.1 Å². The maximum Gasteiger partial charge on any atom is 0.0737 e. The molecule has 2 aromatic heterocycles. The van der Waals surface area contributed by atoms with Crippen molar-refractivity contribution in [1.82, 2.24) is 29.6 Å². The van der Waals surface area contributed by atoms with E-state index in [-0.39, 0.29) is 0 Å². The molecule has 0 radical (unpaired) electrons. The lowest BCUT2D eigenvalue weighted by Gasteiger charge is -2.35. The van der Waals surface area contributed by atoms with Gasteiger partial charge in [0.25, 0.3) is 0 Å². The lowest BCUT2D eigenvalue weighted by atomic mass is 10.1. The highest BCUT2D eigenvalue weighted by Crippen LogP contribution is 2.25. The van der Waals surface area contributed by atoms with Crippen LogP contribution < -0.4 is 10.6 Å². The number of fused-ring (bicyclic) bond motifs is 2. The van der Waals surface area contributed by atoms with Gasteiger partial charge in [-0.25, -0.2) is 0 Å². The predicted molar refractivity (Wildman–Crippen MR) is 199 cm³/mol. The SMILES string of the molecule is Clc1ccc2c(NCCN3CCN(CCCCCCCN4CCN(CCNc5ccnc6cc(Cl)ccc56)CC4)CC3)ccnc2c1. The van der Waals surface area contributed by atoms with E-state index < -0.39 is 0 Å². The van der Waals surface area contributed by atoms with Crippen molar-refractivity contribution in [3.63, 3.8) is 0 Å². The molecule has 0 bridgehead atoms. The van der Waals surface area contributed by atoms with Crippen molar-refractivity contribution in [2.24, 2.45) is 0 Å². The molecule has 2 fully saturated rings. The first-order chi connectivity index (χ1) is 23.1. The molecule has 6 rings (SSSR count). The Bertz CT molecular complexity index is 1440. The third-order valence-corrected chi connectivity index (χ3v) is 10.2. The quantitative estimate of drug-likeness (QED) is 0.126. The maximum atomic E-state index is 6.14. The van der Waals surface area contributed by atoms with Crippen LogP contribution in [0, 0.1) is 0 Å². The average Bonchev–Trinajstić information content (AvgIpc) is 3.09. The number of unbranched alkanes of at least 4 members (excludes halogenated alkanes) is 4. The van der Waals surface area contributed by atoms with Gasteiger partial charge < -0.3 is 20.4 Å². The molecular weight excluding hydrogens is 627 g/mol. The van der Waals surface area contributed by atoms with Crippen LogP contribution >= 0.6 is 23.2 Å². The Kier molecular flexibility index (Phi) is 12.8. The topological polar surface area (TPSA) is 62.8 Å². The first-order valence-electron chi connectivity index (χ1n) is 17.6. The van der Waals surface area contributed by atoms with Gasteiger partial charge in [-0.05, 0) is 74.5 Å². The Morgan fingerprint density at radius 2 is 0.872 bits per heavy atom. The Balaban J connectivity index is 0.756. The summed E-state index contributed by atoms with van der Waals surface area (Å²) in [5.41, 5.74) is 4.15. The summed E-state index contributed by atoms with van der Waals surface area (Å²) < 4.78 is 0. The van der Waals surface area contributed by atoms with Crippen molar-refractivity contribution < 1.29 is 0 Å². The maximum absolute atomic E-state index is 6.14. The largest absolute Gasteiger partial charge is 0.383 e. The number of rotatable bonds is 16. The standard InChI is InChI=1S/C37H50Cl2N8/c38-30-6-8-32-34(10-12-40-36(32)28-30)42-14-18-46-24-20-44(21-25-46)16-4-2-1-3-5-17-45-22-26-47(27-23-45)19-15-43-35-11-13-41-37-29-31(39)7-9-33(35)37/h6-13,28-29H,1-5,14-27H2,(H,40,42)(H,41,43). The zero-order valence-electron chi connectivity index (χ0n) is 27.6. The molecule has 252 valence electrons. The first-order valence-corrected chi connectivity index (χ1v) is 18.3. The van der Waals surface area contributed by atoms with Crippen LogP contribution in [0.5, 0.6) is 0 Å². The Morgan fingerprint density at radius 3 is 1.30 bits per heavy atom. The van der Waals surface area contributed by atoms with Crippen LogP contribution in [0.4, 0.5) is 11.4 Å². The smallest absolute Gasteiger partial charge is 0.0737 e. The second-order valence-electron chi connectivity index (χ2n) is 13.0. The minimum absolute atomic E-state index is 0.727. The van der Waals surface area contributed by atoms with E-state index in [1.165, 1.54) is 71.4 Å². The molecule has 0 saturated carbocycles. The van der Waals surface area contributed by atoms with Crippen LogP contribution in [0.1, 0.15) is 32.1 Å². The van der Waals surface area contributed by atoms with E-state index in [4.69, 9.17) is 23.2 Å². The van der Waals surface area contributed by atoms with Gasteiger partial charge in [-0.3, -0.25) is 19.8 Å². The molecule has 2 aromatic carbocycles. The number of nitrogens with zero attached hydrogens (tertiary/aromatic N) is 6. The van der Waals surface area contributed by atoms with Crippen LogP contribution in [-0.4, -0.2) is 121 Å². The summed E-state index contributed by atoms with van der Waals surface area (Å²) in [6, 6.07) is 15.9. The lowest BCUT2D eigenvalue weighted by molar-refractivity contribution is 0.132. The summed E-state index contributed by atoms with van der Waals surface area (Å²) in [6.07, 6.45) is 10.4. The molecular formula is C37H50Cl2N8. The molecule has 0 unspecified atom stereocenters. The molecule has 0 amide bonds. The Hall–Kier alpha value is -2.72. The molecule has 10 heteroatoms. The van der Waals surface area contributed by atoms with Crippen LogP contribution in [-0.2, 0) is 0 Å². The number of hydrogen-bond acceptors (Lipinski definition) is 8. The number of halogens is 2. The summed E-state index contributed by atoms with van der Waals surface area (Å²) in [4.78, 5) is 19.4. The normalized spacial score (nSPS) is 17.1. The predicted octanol–water partition coefficient (Wildman–Crippen LogP) is 6.80. The van der Waals surface area contributed by atoms with Gasteiger partial charge in [0.2, 0.25) is 0 Å². The summed E-state index contributed by atoms with van der Waals surface area (Å²) in [7, 11) is 0. The van der Waals surface area contributed by atoms with Gasteiger partial charge in [0.1, 0.15) is 0 Å². The number of hydrogen-bond donors (Lipinski definition) is 2. The van der Waals surface area contributed by atoms with Crippen molar-refractivity contribution in [1.29, 1.82) is 0 Å². The van der Waals surface area contributed by atoms with Gasteiger partial charge in [0, 0.05) is 123 Å². The van der Waals surface area contributed by atoms with Gasteiger partial charge >= 0.3 is 0 Å². The van der Waals surface area contributed by atoms with E-state index in [2.05, 4.69) is 64.5 Å². The lowest BCUT2D eigenvalue weighted by Crippen LogP contribution is -2.47. The molecule has 2 N–H and O–H groups in total. The van der Waals surface area contributed by atoms with Gasteiger partial charge in [-0.2, -0.15) is 0 Å². The third-order valence-electron chi connectivity index (χ3n) is 9.78. The number of pyridine rings is 2. The molecule has 0 atom stereocenters. The summed E-state index contributed by atoms with van der Waals surface area (Å²) in [6.45, 7) is 15.9. The molecule has 47 heavy (non-hydrogen) atoms. The number of benzene rings is 2. The monoisotopic (exact) mass is 676 g/mol. The minimum Gasteiger partial charge on any atom is -0.383 e. The molecule has 2 aliphatic heterocycles. The summed E-state index contributed by atoms with van der Waals surface area (Å²) in [5.74, 6) is 0. The van der Waals surface area contributed by atoms with Gasteiger partial charge in [-0.15, -0.1) is 0 Å². The van der Waals surface area contributed by atoms with Gasteiger partial charge in [-0.1, -0.05) is 42.5 Å². The molecule has 2 saturated heterocycles. The van der Waals surface area contributed by atoms with Crippen molar-refractivity contribution in [3.05, 3.63) is 71.0 Å². The van der Waals surface area contributed by atoms with Crippen molar-refractivity contribution >= 4 is 56.4 Å². The van der Waals surface area contributed by atoms with Crippen molar-refractivity contribution in [3.8, 4) is 0 Å². The van der Waals surface area contributed by atoms with Crippen LogP contribution in [0.2, 0.25) is 10.0 Å². The van der Waals surface area contributed by atoms with Crippen molar-refractivity contribution in [2.75, 3.05) is 102 Å². The van der Waals surface area contributed by atoms with E-state index in [0.717, 1.165) is 95.6 Å². The summed E-state index contributed by atoms with van der Waals surface area (Å²) in [5, 5.41) is 10.9. The van der Waals surface area contributed by atoms with E-state index in [1.807, 2.05) is 36.7 Å². The average molecular weight is 678 g/mol. The van der Waals surface area contributed by atoms with E-state index in [9.17, 15) is 0 Å².